The van der Waals surface area contributed by atoms with E-state index in [2.05, 4.69) is 107 Å². The van der Waals surface area contributed by atoms with E-state index in [0.29, 0.717) is 10.9 Å². The maximum atomic E-state index is 6.09. The molecule has 0 atom stereocenters. The minimum atomic E-state index is 0.593. The SMILES string of the molecule is Clc1ccc2oc(-c3ccc(-c4ccc5c(c4)c4ccccc4n5-c4ccccc4)cc3)nc2c1. The third-order valence-electron chi connectivity index (χ3n) is 6.50. The summed E-state index contributed by atoms with van der Waals surface area (Å²) >= 11 is 6.09. The van der Waals surface area contributed by atoms with Gasteiger partial charge in [-0.3, -0.25) is 0 Å². The second-order valence-corrected chi connectivity index (χ2v) is 9.06. The van der Waals surface area contributed by atoms with Crippen molar-refractivity contribution in [3.8, 4) is 28.3 Å². The summed E-state index contributed by atoms with van der Waals surface area (Å²) < 4.78 is 8.26. The largest absolute Gasteiger partial charge is 0.436 e. The molecule has 0 N–H and O–H groups in total. The lowest BCUT2D eigenvalue weighted by molar-refractivity contribution is 0.620. The molecule has 3 nitrogen and oxygen atoms in total. The highest BCUT2D eigenvalue weighted by atomic mass is 35.5. The summed E-state index contributed by atoms with van der Waals surface area (Å²) in [6.45, 7) is 0. The van der Waals surface area contributed by atoms with E-state index in [1.165, 1.54) is 27.4 Å². The molecule has 0 unspecified atom stereocenters. The first kappa shape index (κ1) is 20.1. The fourth-order valence-corrected chi connectivity index (χ4v) is 5.00. The molecule has 0 fully saturated rings. The van der Waals surface area contributed by atoms with Crippen molar-refractivity contribution in [2.75, 3.05) is 0 Å². The number of hydrogen-bond acceptors (Lipinski definition) is 2. The zero-order valence-corrected chi connectivity index (χ0v) is 19.4. The van der Waals surface area contributed by atoms with E-state index < -0.39 is 0 Å². The summed E-state index contributed by atoms with van der Waals surface area (Å²) in [6.07, 6.45) is 0. The Bertz CT molecular complexity index is 1850. The Balaban J connectivity index is 1.32. The number of oxazole rings is 1. The van der Waals surface area contributed by atoms with Gasteiger partial charge in [0.05, 0.1) is 11.0 Å². The van der Waals surface area contributed by atoms with Gasteiger partial charge in [-0.05, 0) is 71.8 Å². The Hall–Kier alpha value is -4.34. The van der Waals surface area contributed by atoms with Crippen molar-refractivity contribution >= 4 is 44.5 Å². The van der Waals surface area contributed by atoms with Crippen LogP contribution in [0.3, 0.4) is 0 Å². The van der Waals surface area contributed by atoms with Crippen molar-refractivity contribution in [3.05, 3.63) is 120 Å². The number of fused-ring (bicyclic) bond motifs is 4. The van der Waals surface area contributed by atoms with Crippen LogP contribution >= 0.6 is 11.6 Å². The Morgan fingerprint density at radius 2 is 1.31 bits per heavy atom. The highest BCUT2D eigenvalue weighted by Crippen LogP contribution is 2.35. The van der Waals surface area contributed by atoms with Crippen LogP contribution in [0.4, 0.5) is 0 Å². The highest BCUT2D eigenvalue weighted by Gasteiger charge is 2.13. The number of benzene rings is 5. The first-order chi connectivity index (χ1) is 17.2. The van der Waals surface area contributed by atoms with Crippen molar-refractivity contribution in [3.63, 3.8) is 0 Å². The van der Waals surface area contributed by atoms with Crippen LogP contribution in [0.25, 0.3) is 61.2 Å². The average Bonchev–Trinajstić information content (AvgIpc) is 3.48. The van der Waals surface area contributed by atoms with E-state index in [-0.39, 0.29) is 0 Å². The van der Waals surface area contributed by atoms with Crippen molar-refractivity contribution in [1.29, 1.82) is 0 Å². The molecule has 0 saturated heterocycles. The maximum absolute atomic E-state index is 6.09. The van der Waals surface area contributed by atoms with Crippen molar-refractivity contribution in [2.45, 2.75) is 0 Å². The smallest absolute Gasteiger partial charge is 0.227 e. The van der Waals surface area contributed by atoms with Gasteiger partial charge < -0.3 is 8.98 Å². The Morgan fingerprint density at radius 3 is 2.17 bits per heavy atom. The lowest BCUT2D eigenvalue weighted by Crippen LogP contribution is -1.92. The molecule has 0 spiro atoms. The van der Waals surface area contributed by atoms with Gasteiger partial charge in [0.15, 0.2) is 5.58 Å². The Morgan fingerprint density at radius 1 is 0.600 bits per heavy atom. The molecule has 2 aromatic heterocycles. The molecule has 2 heterocycles. The second-order valence-electron chi connectivity index (χ2n) is 8.63. The van der Waals surface area contributed by atoms with Gasteiger partial charge >= 0.3 is 0 Å². The quantitative estimate of drug-likeness (QED) is 0.258. The number of aromatic nitrogens is 2. The zero-order chi connectivity index (χ0) is 23.4. The van der Waals surface area contributed by atoms with Gasteiger partial charge in [-0.15, -0.1) is 0 Å². The van der Waals surface area contributed by atoms with E-state index in [9.17, 15) is 0 Å². The van der Waals surface area contributed by atoms with Gasteiger partial charge in [-0.2, -0.15) is 0 Å². The van der Waals surface area contributed by atoms with Crippen LogP contribution in [0, 0.1) is 0 Å². The van der Waals surface area contributed by atoms with Crippen LogP contribution < -0.4 is 0 Å². The predicted molar refractivity (Wildman–Crippen MR) is 144 cm³/mol. The topological polar surface area (TPSA) is 31.0 Å². The average molecular weight is 471 g/mol. The molecule has 0 amide bonds. The number of halogens is 1. The summed E-state index contributed by atoms with van der Waals surface area (Å²) in [5, 5.41) is 3.13. The number of para-hydroxylation sites is 2. The molecular formula is C31H19ClN2O. The van der Waals surface area contributed by atoms with Crippen molar-refractivity contribution in [1.82, 2.24) is 9.55 Å². The number of rotatable bonds is 3. The van der Waals surface area contributed by atoms with Gasteiger partial charge in [-0.1, -0.05) is 66.2 Å². The first-order valence-corrected chi connectivity index (χ1v) is 11.9. The third-order valence-corrected chi connectivity index (χ3v) is 6.74. The molecule has 0 aliphatic rings. The molecule has 35 heavy (non-hydrogen) atoms. The van der Waals surface area contributed by atoms with Crippen LogP contribution in [0.5, 0.6) is 0 Å². The molecule has 4 heteroatoms. The fraction of sp³-hybridized carbons (Fsp3) is 0. The minimum absolute atomic E-state index is 0.593. The van der Waals surface area contributed by atoms with Crippen LogP contribution in [0.2, 0.25) is 5.02 Å². The van der Waals surface area contributed by atoms with Gasteiger partial charge in [-0.25, -0.2) is 4.98 Å². The molecule has 5 aromatic carbocycles. The van der Waals surface area contributed by atoms with Crippen molar-refractivity contribution in [2.24, 2.45) is 0 Å². The molecule has 0 radical (unpaired) electrons. The lowest BCUT2D eigenvalue weighted by Gasteiger charge is -2.08. The van der Waals surface area contributed by atoms with E-state index in [0.717, 1.165) is 27.9 Å². The van der Waals surface area contributed by atoms with Crippen LogP contribution in [0.15, 0.2) is 120 Å². The zero-order valence-electron chi connectivity index (χ0n) is 18.7. The monoisotopic (exact) mass is 470 g/mol. The fourth-order valence-electron chi connectivity index (χ4n) is 4.84. The van der Waals surface area contributed by atoms with Crippen LogP contribution in [0.1, 0.15) is 0 Å². The van der Waals surface area contributed by atoms with Gasteiger partial charge in [0.1, 0.15) is 5.52 Å². The number of hydrogen-bond donors (Lipinski definition) is 0. The standard InChI is InChI=1S/C31H19ClN2O/c32-23-15-17-30-27(19-23)33-31(35-30)21-12-10-20(11-13-21)22-14-16-29-26(18-22)25-8-4-5-9-28(25)34(29)24-6-2-1-3-7-24/h1-19H. The molecular weight excluding hydrogens is 452 g/mol. The van der Waals surface area contributed by atoms with Crippen molar-refractivity contribution < 1.29 is 4.42 Å². The third kappa shape index (κ3) is 3.32. The normalized spacial score (nSPS) is 11.6. The highest BCUT2D eigenvalue weighted by molar-refractivity contribution is 6.31. The minimum Gasteiger partial charge on any atom is -0.436 e. The van der Waals surface area contributed by atoms with Crippen LogP contribution in [-0.2, 0) is 0 Å². The molecule has 166 valence electrons. The molecule has 7 aromatic rings. The van der Waals surface area contributed by atoms with E-state index >= 15 is 0 Å². The summed E-state index contributed by atoms with van der Waals surface area (Å²) in [6, 6.07) is 39.6. The maximum Gasteiger partial charge on any atom is 0.227 e. The summed E-state index contributed by atoms with van der Waals surface area (Å²) in [5.74, 6) is 0.593. The lowest BCUT2D eigenvalue weighted by atomic mass is 10.0. The molecule has 0 saturated carbocycles. The summed E-state index contributed by atoms with van der Waals surface area (Å²) in [4.78, 5) is 4.60. The predicted octanol–water partition coefficient (Wildman–Crippen LogP) is 8.91. The molecule has 0 bridgehead atoms. The molecule has 0 aliphatic heterocycles. The van der Waals surface area contributed by atoms with Gasteiger partial charge in [0.25, 0.3) is 0 Å². The van der Waals surface area contributed by atoms with Gasteiger partial charge in [0.2, 0.25) is 5.89 Å². The van der Waals surface area contributed by atoms with Crippen LogP contribution in [-0.4, -0.2) is 9.55 Å². The summed E-state index contributed by atoms with van der Waals surface area (Å²) in [5.41, 5.74) is 8.31. The Labute approximate surface area is 206 Å². The van der Waals surface area contributed by atoms with Gasteiger partial charge in [0, 0.05) is 27.0 Å². The van der Waals surface area contributed by atoms with E-state index in [1.807, 2.05) is 18.2 Å². The Kier molecular flexibility index (Phi) is 4.51. The van der Waals surface area contributed by atoms with E-state index in [4.69, 9.17) is 16.0 Å². The first-order valence-electron chi connectivity index (χ1n) is 11.5. The molecule has 7 rings (SSSR count). The number of nitrogens with zero attached hydrogens (tertiary/aromatic N) is 2. The summed E-state index contributed by atoms with van der Waals surface area (Å²) in [7, 11) is 0. The van der Waals surface area contributed by atoms with E-state index in [1.54, 1.807) is 0 Å². The second kappa shape index (κ2) is 7.86. The molecule has 0 aliphatic carbocycles.